The van der Waals surface area contributed by atoms with E-state index in [4.69, 9.17) is 29.7 Å². The number of likely N-dealkylation sites (tertiary alicyclic amines) is 2. The van der Waals surface area contributed by atoms with Crippen molar-refractivity contribution >= 4 is 29.8 Å². The quantitative estimate of drug-likeness (QED) is 0.390. The van der Waals surface area contributed by atoms with Crippen molar-refractivity contribution in [1.29, 1.82) is 0 Å². The molecular weight excluding hydrogens is 703 g/mol. The largest absolute Gasteiger partial charge is 0.490 e. The van der Waals surface area contributed by atoms with Crippen LogP contribution in [-0.2, 0) is 25.7 Å². The summed E-state index contributed by atoms with van der Waals surface area (Å²) in [5.74, 6) is -7.20. The summed E-state index contributed by atoms with van der Waals surface area (Å²) < 4.78 is 95.2. The van der Waals surface area contributed by atoms with Gasteiger partial charge in [0.15, 0.2) is 0 Å². The number of alkyl halides is 9. The van der Waals surface area contributed by atoms with Crippen LogP contribution < -0.4 is 4.90 Å². The van der Waals surface area contributed by atoms with Crippen LogP contribution in [0.2, 0.25) is 0 Å². The minimum atomic E-state index is -5.08. The van der Waals surface area contributed by atoms with E-state index in [1.165, 1.54) is 5.56 Å². The number of aliphatic carboxylic acids is 3. The third kappa shape index (κ3) is 10.9. The van der Waals surface area contributed by atoms with Gasteiger partial charge in [-0.15, -0.1) is 0 Å². The molecular formula is C28H31F9N6O7. The minimum absolute atomic E-state index is 0.000513. The Labute approximate surface area is 277 Å². The van der Waals surface area contributed by atoms with Crippen LogP contribution in [0.3, 0.4) is 0 Å². The zero-order valence-electron chi connectivity index (χ0n) is 26.0. The molecule has 2 aromatic rings. The lowest BCUT2D eigenvalue weighted by Gasteiger charge is -2.46. The summed E-state index contributed by atoms with van der Waals surface area (Å²) in [6.07, 6.45) is -4.89. The van der Waals surface area contributed by atoms with Gasteiger partial charge < -0.3 is 25.1 Å². The molecule has 5 heterocycles. The molecule has 3 fully saturated rings. The highest BCUT2D eigenvalue weighted by Gasteiger charge is 2.65. The first-order chi connectivity index (χ1) is 22.9. The summed E-state index contributed by atoms with van der Waals surface area (Å²) in [4.78, 5) is 60.0. The fraction of sp³-hybridized carbons (Fsp3) is 0.536. The number of nitrogens with zero attached hydrogens (tertiary/aromatic N) is 6. The van der Waals surface area contributed by atoms with Gasteiger partial charge in [-0.2, -0.15) is 39.5 Å². The van der Waals surface area contributed by atoms with E-state index in [1.807, 2.05) is 36.5 Å². The summed E-state index contributed by atoms with van der Waals surface area (Å²) in [5.41, 5.74) is 0.946. The Bertz CT molecular complexity index is 1400. The van der Waals surface area contributed by atoms with Gasteiger partial charge >= 0.3 is 36.4 Å². The second-order valence-corrected chi connectivity index (χ2v) is 11.3. The maximum atomic E-state index is 13.4. The molecule has 1 atom stereocenters. The number of hydrogen-bond donors (Lipinski definition) is 3. The number of hydrogen-bond acceptors (Lipinski definition) is 9. The third-order valence-corrected chi connectivity index (χ3v) is 8.10. The van der Waals surface area contributed by atoms with Crippen LogP contribution in [0.1, 0.15) is 24.8 Å². The van der Waals surface area contributed by atoms with Crippen molar-refractivity contribution in [2.75, 3.05) is 44.7 Å². The Kier molecular flexibility index (Phi) is 13.5. The molecule has 22 heteroatoms. The molecule has 3 aliphatic rings. The van der Waals surface area contributed by atoms with Crippen molar-refractivity contribution in [1.82, 2.24) is 24.8 Å². The molecule has 0 bridgehead atoms. The van der Waals surface area contributed by atoms with Gasteiger partial charge in [0.2, 0.25) is 11.9 Å². The number of anilines is 1. The first-order valence-electron chi connectivity index (χ1n) is 14.2. The molecule has 3 saturated heterocycles. The van der Waals surface area contributed by atoms with E-state index in [0.717, 1.165) is 64.5 Å². The van der Waals surface area contributed by atoms with Crippen molar-refractivity contribution in [2.24, 2.45) is 10.8 Å². The van der Waals surface area contributed by atoms with Gasteiger partial charge in [-0.1, -0.05) is 6.07 Å². The second-order valence-electron chi connectivity index (χ2n) is 11.3. The van der Waals surface area contributed by atoms with Gasteiger partial charge in [0.05, 0.1) is 5.41 Å². The van der Waals surface area contributed by atoms with Gasteiger partial charge in [-0.3, -0.25) is 14.7 Å². The lowest BCUT2D eigenvalue weighted by Crippen LogP contribution is -2.52. The predicted molar refractivity (Wildman–Crippen MR) is 151 cm³/mol. The fourth-order valence-corrected chi connectivity index (χ4v) is 5.76. The number of carbonyl (C=O) groups is 4. The van der Waals surface area contributed by atoms with Crippen molar-refractivity contribution in [3.63, 3.8) is 0 Å². The maximum Gasteiger partial charge on any atom is 0.490 e. The van der Waals surface area contributed by atoms with Gasteiger partial charge in [0.25, 0.3) is 0 Å². The molecule has 3 N–H and O–H groups in total. The number of fused-ring (bicyclic) bond motifs is 1. The van der Waals surface area contributed by atoms with Gasteiger partial charge in [-0.05, 0) is 50.0 Å². The van der Waals surface area contributed by atoms with Crippen LogP contribution in [-0.4, -0.2) is 122 Å². The standard InChI is InChI=1S/C22H28N6O.3C2HF3O2/c1-26-11-7-22(19(26)29)17-28(20-24-9-3-10-25-20)16-21(22)5-12-27(13-6-21)15-18-4-2-8-23-14-18;3*3-2(4,5)1(6)7/h2-4,8-10,14H,5-7,11-13,15-17H2,1H3;3*(H,6,7). The maximum absolute atomic E-state index is 13.4. The average molecular weight is 735 g/mol. The number of carboxylic acid groups (broad SMARTS) is 3. The summed E-state index contributed by atoms with van der Waals surface area (Å²) in [5, 5.41) is 21.4. The number of carboxylic acids is 3. The molecule has 0 radical (unpaired) electrons. The predicted octanol–water partition coefficient (Wildman–Crippen LogP) is 3.72. The Morgan fingerprint density at radius 2 is 1.24 bits per heavy atom. The Morgan fingerprint density at radius 1 is 0.760 bits per heavy atom. The molecule has 50 heavy (non-hydrogen) atoms. The van der Waals surface area contributed by atoms with E-state index < -0.39 is 36.4 Å². The Balaban J connectivity index is 0.000000338. The summed E-state index contributed by atoms with van der Waals surface area (Å²) in [6.45, 7) is 5.41. The monoisotopic (exact) mass is 734 g/mol. The molecule has 13 nitrogen and oxygen atoms in total. The van der Waals surface area contributed by atoms with Crippen molar-refractivity contribution in [3.8, 4) is 0 Å². The number of amides is 1. The van der Waals surface area contributed by atoms with Crippen LogP contribution in [0.15, 0.2) is 43.0 Å². The van der Waals surface area contributed by atoms with E-state index in [2.05, 4.69) is 30.8 Å². The zero-order valence-corrected chi connectivity index (χ0v) is 26.0. The normalized spacial score (nSPS) is 20.2. The highest BCUT2D eigenvalue weighted by molar-refractivity contribution is 5.87. The van der Waals surface area contributed by atoms with E-state index >= 15 is 0 Å². The van der Waals surface area contributed by atoms with Crippen LogP contribution in [0.5, 0.6) is 0 Å². The molecule has 3 aliphatic heterocycles. The zero-order chi connectivity index (χ0) is 38.1. The lowest BCUT2D eigenvalue weighted by atomic mass is 9.60. The smallest absolute Gasteiger partial charge is 0.475 e. The van der Waals surface area contributed by atoms with Crippen LogP contribution >= 0.6 is 0 Å². The number of halogens is 9. The minimum Gasteiger partial charge on any atom is -0.475 e. The molecule has 1 unspecified atom stereocenters. The number of rotatable bonds is 3. The summed E-state index contributed by atoms with van der Waals surface area (Å²) >= 11 is 0. The molecule has 2 aromatic heterocycles. The third-order valence-electron chi connectivity index (χ3n) is 8.10. The van der Waals surface area contributed by atoms with Crippen LogP contribution in [0.25, 0.3) is 0 Å². The van der Waals surface area contributed by atoms with Crippen LogP contribution in [0.4, 0.5) is 45.5 Å². The van der Waals surface area contributed by atoms with E-state index in [-0.39, 0.29) is 10.8 Å². The van der Waals surface area contributed by atoms with Crippen molar-refractivity contribution < 1.29 is 74.0 Å². The highest BCUT2D eigenvalue weighted by atomic mass is 19.4. The summed E-state index contributed by atoms with van der Waals surface area (Å²) in [6, 6.07) is 5.98. The SMILES string of the molecule is CN1CCC2(CN(c3ncccn3)CC23CCN(Cc2cccnc2)CC3)C1=O.O=C(O)C(F)(F)F.O=C(O)C(F)(F)F.O=C(O)C(F)(F)F. The van der Waals surface area contributed by atoms with E-state index in [9.17, 15) is 44.3 Å². The van der Waals surface area contributed by atoms with Gasteiger partial charge in [0.1, 0.15) is 0 Å². The highest BCUT2D eigenvalue weighted by Crippen LogP contribution is 2.58. The van der Waals surface area contributed by atoms with Crippen molar-refractivity contribution in [3.05, 3.63) is 48.5 Å². The summed E-state index contributed by atoms with van der Waals surface area (Å²) in [7, 11) is 1.95. The number of piperidine rings is 1. The molecule has 0 aromatic carbocycles. The van der Waals surface area contributed by atoms with Crippen LogP contribution in [0, 0.1) is 10.8 Å². The molecule has 2 spiro atoms. The van der Waals surface area contributed by atoms with E-state index in [1.54, 1.807) is 12.4 Å². The molecule has 0 aliphatic carbocycles. The van der Waals surface area contributed by atoms with Gasteiger partial charge in [0, 0.05) is 63.4 Å². The number of carbonyl (C=O) groups excluding carboxylic acids is 1. The van der Waals surface area contributed by atoms with E-state index in [0.29, 0.717) is 5.91 Å². The average Bonchev–Trinajstić information content (AvgIpc) is 3.50. The molecule has 278 valence electrons. The Hall–Kier alpha value is -4.76. The Morgan fingerprint density at radius 3 is 1.62 bits per heavy atom. The van der Waals surface area contributed by atoms with Crippen molar-refractivity contribution in [2.45, 2.75) is 44.3 Å². The molecule has 0 saturated carbocycles. The second kappa shape index (κ2) is 16.3. The lowest BCUT2D eigenvalue weighted by molar-refractivity contribution is -0.193. The first-order valence-corrected chi connectivity index (χ1v) is 14.2. The topological polar surface area (TPSA) is 177 Å². The fourth-order valence-electron chi connectivity index (χ4n) is 5.76. The molecule has 5 rings (SSSR count). The number of aromatic nitrogens is 3. The van der Waals surface area contributed by atoms with Gasteiger partial charge in [-0.25, -0.2) is 24.4 Å². The molecule has 1 amide bonds. The number of pyridine rings is 1. The first kappa shape index (κ1) is 41.4.